The summed E-state index contributed by atoms with van der Waals surface area (Å²) < 4.78 is 0. The number of carbonyl (C=O) groups excluding carboxylic acids is 2. The van der Waals surface area contributed by atoms with E-state index in [-0.39, 0.29) is 30.1 Å². The predicted molar refractivity (Wildman–Crippen MR) is 109 cm³/mol. The molecule has 0 spiro atoms. The zero-order valence-electron chi connectivity index (χ0n) is 14.8. The maximum absolute atomic E-state index is 12.9. The van der Waals surface area contributed by atoms with Crippen LogP contribution >= 0.6 is 24.0 Å². The first-order valence-corrected chi connectivity index (χ1v) is 9.44. The molecule has 1 amide bonds. The van der Waals surface area contributed by atoms with E-state index in [2.05, 4.69) is 10.6 Å². The van der Waals surface area contributed by atoms with Crippen LogP contribution in [0.4, 0.5) is 0 Å². The third-order valence-electron chi connectivity index (χ3n) is 5.33. The molecule has 2 N–H and O–H groups in total. The molecule has 0 saturated carbocycles. The van der Waals surface area contributed by atoms with Crippen LogP contribution in [0, 0.1) is 0 Å². The average Bonchev–Trinajstić information content (AvgIpc) is 3.00. The number of carbonyl (C=O) groups is 2. The second-order valence-corrected chi connectivity index (χ2v) is 7.60. The van der Waals surface area contributed by atoms with Crippen molar-refractivity contribution >= 4 is 35.7 Å². The maximum Gasteiger partial charge on any atom is 0.252 e. The molecule has 2 aromatic carbocycles. The van der Waals surface area contributed by atoms with Crippen LogP contribution in [-0.4, -0.2) is 29.8 Å². The summed E-state index contributed by atoms with van der Waals surface area (Å²) in [6.07, 6.45) is 4.27. The van der Waals surface area contributed by atoms with Crippen LogP contribution in [-0.2, 0) is 0 Å². The highest BCUT2D eigenvalue weighted by atomic mass is 35.5. The van der Waals surface area contributed by atoms with Crippen LogP contribution < -0.4 is 10.6 Å². The number of amides is 1. The predicted octanol–water partition coefficient (Wildman–Crippen LogP) is 4.01. The summed E-state index contributed by atoms with van der Waals surface area (Å²) in [6, 6.07) is 14.9. The number of piperidine rings is 1. The lowest BCUT2D eigenvalue weighted by atomic mass is 9.96. The summed E-state index contributed by atoms with van der Waals surface area (Å²) in [5, 5.41) is 7.29. The molecule has 2 atom stereocenters. The van der Waals surface area contributed by atoms with E-state index in [9.17, 15) is 9.59 Å². The van der Waals surface area contributed by atoms with Crippen molar-refractivity contribution in [3.05, 3.63) is 70.2 Å². The molecule has 2 aliphatic heterocycles. The number of hydrogen-bond acceptors (Lipinski definition) is 3. The maximum atomic E-state index is 12.9. The van der Waals surface area contributed by atoms with Crippen molar-refractivity contribution in [2.24, 2.45) is 0 Å². The molecule has 142 valence electrons. The molecule has 0 aliphatic carbocycles. The van der Waals surface area contributed by atoms with Gasteiger partial charge < -0.3 is 10.6 Å². The minimum absolute atomic E-state index is 0. The first-order valence-electron chi connectivity index (χ1n) is 9.06. The van der Waals surface area contributed by atoms with Gasteiger partial charge in [0.2, 0.25) is 0 Å². The molecule has 2 unspecified atom stereocenters. The fourth-order valence-electron chi connectivity index (χ4n) is 4.07. The summed E-state index contributed by atoms with van der Waals surface area (Å²) in [7, 11) is 0. The summed E-state index contributed by atoms with van der Waals surface area (Å²) in [5.74, 6) is -0.341. The molecule has 2 bridgehead atoms. The largest absolute Gasteiger partial charge is 0.349 e. The summed E-state index contributed by atoms with van der Waals surface area (Å²) in [5.41, 5.74) is 1.37. The van der Waals surface area contributed by atoms with Crippen LogP contribution in [0.1, 0.15) is 52.0 Å². The van der Waals surface area contributed by atoms with Crippen molar-refractivity contribution in [2.75, 3.05) is 0 Å². The molecule has 2 saturated heterocycles. The van der Waals surface area contributed by atoms with Crippen molar-refractivity contribution < 1.29 is 9.59 Å². The van der Waals surface area contributed by atoms with Crippen molar-refractivity contribution in [1.82, 2.24) is 10.6 Å². The van der Waals surface area contributed by atoms with Crippen LogP contribution in [0.5, 0.6) is 0 Å². The van der Waals surface area contributed by atoms with E-state index >= 15 is 0 Å². The van der Waals surface area contributed by atoms with E-state index in [1.807, 2.05) is 0 Å². The van der Waals surface area contributed by atoms with Crippen LogP contribution in [0.25, 0.3) is 0 Å². The molecule has 6 heteroatoms. The number of fused-ring (bicyclic) bond motifs is 2. The summed E-state index contributed by atoms with van der Waals surface area (Å²) in [4.78, 5) is 25.7. The van der Waals surface area contributed by atoms with Gasteiger partial charge in [0.15, 0.2) is 5.78 Å². The fraction of sp³-hybridized carbons (Fsp3) is 0.333. The van der Waals surface area contributed by atoms with Gasteiger partial charge in [0.05, 0.1) is 5.56 Å². The fourth-order valence-corrected chi connectivity index (χ4v) is 4.20. The average molecular weight is 405 g/mol. The Bertz CT molecular complexity index is 826. The standard InChI is InChI=1S/C21H21ClN2O2.ClH/c22-14-7-5-13(6-8-14)20(25)18-3-1-2-4-19(18)21(26)24-17-11-15-9-10-16(12-17)23-15;/h1-8,15-17,23H,9-12H2,(H,24,26);1H. The third kappa shape index (κ3) is 4.34. The van der Waals surface area contributed by atoms with Crippen LogP contribution in [0.2, 0.25) is 5.02 Å². The number of nitrogens with one attached hydrogen (secondary N) is 2. The molecule has 2 aromatic rings. The molecule has 2 aliphatic rings. The van der Waals surface area contributed by atoms with Gasteiger partial charge in [-0.1, -0.05) is 29.8 Å². The van der Waals surface area contributed by atoms with Crippen molar-refractivity contribution in [1.29, 1.82) is 0 Å². The Morgan fingerprint density at radius 1 is 0.926 bits per heavy atom. The lowest BCUT2D eigenvalue weighted by molar-refractivity contribution is 0.0914. The van der Waals surface area contributed by atoms with Crippen LogP contribution in [0.15, 0.2) is 48.5 Å². The monoisotopic (exact) mass is 404 g/mol. The highest BCUT2D eigenvalue weighted by Gasteiger charge is 2.34. The normalized spacial score (nSPS) is 23.4. The zero-order valence-corrected chi connectivity index (χ0v) is 16.4. The highest BCUT2D eigenvalue weighted by molar-refractivity contribution is 6.30. The molecule has 0 radical (unpaired) electrons. The lowest BCUT2D eigenvalue weighted by Crippen LogP contribution is -2.48. The van der Waals surface area contributed by atoms with Gasteiger partial charge >= 0.3 is 0 Å². The van der Waals surface area contributed by atoms with Gasteiger partial charge in [0, 0.05) is 34.3 Å². The highest BCUT2D eigenvalue weighted by Crippen LogP contribution is 2.27. The SMILES string of the molecule is Cl.O=C(NC1CC2CCC(C1)N2)c1ccccc1C(=O)c1ccc(Cl)cc1. The number of halogens is 2. The second-order valence-electron chi connectivity index (χ2n) is 7.16. The van der Waals surface area contributed by atoms with E-state index in [1.165, 1.54) is 12.8 Å². The van der Waals surface area contributed by atoms with E-state index in [1.54, 1.807) is 48.5 Å². The Morgan fingerprint density at radius 2 is 1.52 bits per heavy atom. The van der Waals surface area contributed by atoms with Gasteiger partial charge in [-0.25, -0.2) is 0 Å². The minimum Gasteiger partial charge on any atom is -0.349 e. The van der Waals surface area contributed by atoms with Crippen molar-refractivity contribution in [3.8, 4) is 0 Å². The number of ketones is 1. The zero-order chi connectivity index (χ0) is 18.1. The number of rotatable bonds is 4. The molecule has 0 aromatic heterocycles. The minimum atomic E-state index is -0.172. The first-order chi connectivity index (χ1) is 12.6. The smallest absolute Gasteiger partial charge is 0.252 e. The van der Waals surface area contributed by atoms with Gasteiger partial charge in [0.25, 0.3) is 5.91 Å². The van der Waals surface area contributed by atoms with Gasteiger partial charge in [-0.2, -0.15) is 0 Å². The Balaban J connectivity index is 0.00000210. The topological polar surface area (TPSA) is 58.2 Å². The van der Waals surface area contributed by atoms with E-state index < -0.39 is 0 Å². The third-order valence-corrected chi connectivity index (χ3v) is 5.58. The molecular weight excluding hydrogens is 383 g/mol. The van der Waals surface area contributed by atoms with E-state index in [0.29, 0.717) is 33.8 Å². The Kier molecular flexibility index (Phi) is 6.20. The second kappa shape index (κ2) is 8.42. The van der Waals surface area contributed by atoms with Crippen molar-refractivity contribution in [2.45, 2.75) is 43.8 Å². The van der Waals surface area contributed by atoms with Gasteiger partial charge in [-0.15, -0.1) is 12.4 Å². The Labute approximate surface area is 170 Å². The quantitative estimate of drug-likeness (QED) is 0.756. The van der Waals surface area contributed by atoms with E-state index in [0.717, 1.165) is 12.8 Å². The number of hydrogen-bond donors (Lipinski definition) is 2. The van der Waals surface area contributed by atoms with Gasteiger partial charge in [-0.05, 0) is 56.0 Å². The van der Waals surface area contributed by atoms with E-state index in [4.69, 9.17) is 11.6 Å². The molecule has 4 nitrogen and oxygen atoms in total. The molecule has 27 heavy (non-hydrogen) atoms. The van der Waals surface area contributed by atoms with Gasteiger partial charge in [-0.3, -0.25) is 9.59 Å². The first kappa shape index (κ1) is 19.9. The Morgan fingerprint density at radius 3 is 2.15 bits per heavy atom. The van der Waals surface area contributed by atoms with Crippen LogP contribution in [0.3, 0.4) is 0 Å². The summed E-state index contributed by atoms with van der Waals surface area (Å²) in [6.45, 7) is 0. The Hall–Kier alpha value is -1.88. The molecule has 2 heterocycles. The summed E-state index contributed by atoms with van der Waals surface area (Å²) >= 11 is 5.90. The van der Waals surface area contributed by atoms with Gasteiger partial charge in [0.1, 0.15) is 0 Å². The molecule has 4 rings (SSSR count). The van der Waals surface area contributed by atoms with Crippen molar-refractivity contribution in [3.63, 3.8) is 0 Å². The molecule has 2 fully saturated rings. The lowest BCUT2D eigenvalue weighted by Gasteiger charge is -2.29. The number of benzene rings is 2. The molecular formula is C21H22Cl2N2O2.